The third-order valence-electron chi connectivity index (χ3n) is 2.83. The predicted octanol–water partition coefficient (Wildman–Crippen LogP) is 3.67. The molecule has 1 unspecified atom stereocenters. The van der Waals surface area contributed by atoms with E-state index in [-0.39, 0.29) is 24.7 Å². The number of hydrogen-bond donors (Lipinski definition) is 2. The lowest BCUT2D eigenvalue weighted by atomic mass is 10.1. The third-order valence-corrected chi connectivity index (χ3v) is 2.83. The Balaban J connectivity index is 0.00000400. The Morgan fingerprint density at radius 2 is 2.05 bits per heavy atom. The van der Waals surface area contributed by atoms with Gasteiger partial charge < -0.3 is 11.1 Å². The van der Waals surface area contributed by atoms with Gasteiger partial charge in [0.25, 0.3) is 0 Å². The molecule has 1 aromatic rings. The molecule has 0 aliphatic heterocycles. The van der Waals surface area contributed by atoms with E-state index in [1.807, 2.05) is 6.92 Å². The van der Waals surface area contributed by atoms with Crippen LogP contribution in [0.4, 0.5) is 18.9 Å². The van der Waals surface area contributed by atoms with Crippen molar-refractivity contribution in [2.45, 2.75) is 44.8 Å². The maximum absolute atomic E-state index is 12.2. The van der Waals surface area contributed by atoms with Crippen LogP contribution in [0.1, 0.15) is 31.7 Å². The van der Waals surface area contributed by atoms with E-state index in [0.29, 0.717) is 17.7 Å². The first-order chi connectivity index (χ1) is 9.31. The zero-order valence-electron chi connectivity index (χ0n) is 11.7. The summed E-state index contributed by atoms with van der Waals surface area (Å²) in [5, 5.41) is 2.62. The van der Waals surface area contributed by atoms with Crippen molar-refractivity contribution >= 4 is 24.0 Å². The average molecular weight is 325 g/mol. The van der Waals surface area contributed by atoms with Crippen molar-refractivity contribution in [3.63, 3.8) is 0 Å². The molecule has 1 amide bonds. The average Bonchev–Trinajstić information content (AvgIpc) is 2.36. The van der Waals surface area contributed by atoms with Gasteiger partial charge in [-0.1, -0.05) is 25.5 Å². The molecule has 1 rings (SSSR count). The van der Waals surface area contributed by atoms with Gasteiger partial charge in [0.15, 0.2) is 0 Å². The van der Waals surface area contributed by atoms with Crippen LogP contribution >= 0.6 is 12.4 Å². The topological polar surface area (TPSA) is 55.1 Å². The summed E-state index contributed by atoms with van der Waals surface area (Å²) in [6, 6.07) is 5.80. The van der Waals surface area contributed by atoms with Crippen LogP contribution in [-0.2, 0) is 11.2 Å². The van der Waals surface area contributed by atoms with E-state index in [1.165, 1.54) is 0 Å². The number of anilines is 1. The quantitative estimate of drug-likeness (QED) is 0.839. The van der Waals surface area contributed by atoms with E-state index < -0.39 is 18.6 Å². The number of hydrogen-bond acceptors (Lipinski definition) is 2. The van der Waals surface area contributed by atoms with Gasteiger partial charge in [-0.3, -0.25) is 4.79 Å². The number of carbonyl (C=O) groups is 1. The van der Waals surface area contributed by atoms with Crippen LogP contribution in [-0.4, -0.2) is 18.1 Å². The maximum atomic E-state index is 12.2. The predicted molar refractivity (Wildman–Crippen MR) is 79.6 cm³/mol. The second-order valence-corrected chi connectivity index (χ2v) is 4.70. The molecule has 0 aliphatic rings. The van der Waals surface area contributed by atoms with Crippen LogP contribution in [0, 0.1) is 0 Å². The van der Waals surface area contributed by atoms with Crippen molar-refractivity contribution in [1.82, 2.24) is 0 Å². The third kappa shape index (κ3) is 7.92. The Morgan fingerprint density at radius 3 is 2.62 bits per heavy atom. The molecule has 0 bridgehead atoms. The fourth-order valence-electron chi connectivity index (χ4n) is 1.77. The molecule has 0 aromatic heterocycles. The number of nitrogens with two attached hydrogens (primary N) is 1. The molecule has 0 saturated carbocycles. The van der Waals surface area contributed by atoms with Crippen molar-refractivity contribution < 1.29 is 18.0 Å². The van der Waals surface area contributed by atoms with Gasteiger partial charge in [0, 0.05) is 12.1 Å². The summed E-state index contributed by atoms with van der Waals surface area (Å²) in [6.45, 7) is 1.92. The van der Waals surface area contributed by atoms with Gasteiger partial charge in [0.2, 0.25) is 5.91 Å². The van der Waals surface area contributed by atoms with Gasteiger partial charge in [0.05, 0.1) is 6.04 Å². The summed E-state index contributed by atoms with van der Waals surface area (Å²) in [5.41, 5.74) is 6.67. The largest absolute Gasteiger partial charge is 0.389 e. The van der Waals surface area contributed by atoms with Crippen LogP contribution in [0.15, 0.2) is 24.3 Å². The molecule has 0 fully saturated rings. The number of benzene rings is 1. The van der Waals surface area contributed by atoms with Crippen LogP contribution < -0.4 is 11.1 Å². The van der Waals surface area contributed by atoms with Gasteiger partial charge in [-0.15, -0.1) is 12.4 Å². The molecule has 3 N–H and O–H groups in total. The first-order valence-electron chi connectivity index (χ1n) is 6.54. The van der Waals surface area contributed by atoms with Crippen LogP contribution in [0.3, 0.4) is 0 Å². The zero-order chi connectivity index (χ0) is 15.2. The minimum Gasteiger partial charge on any atom is -0.325 e. The molecule has 1 aromatic carbocycles. The number of rotatable bonds is 6. The van der Waals surface area contributed by atoms with Gasteiger partial charge in [-0.05, 0) is 30.5 Å². The van der Waals surface area contributed by atoms with E-state index in [2.05, 4.69) is 5.32 Å². The van der Waals surface area contributed by atoms with E-state index in [0.717, 1.165) is 6.42 Å². The minimum absolute atomic E-state index is 0. The standard InChI is InChI=1S/C14H19F3N2O.ClH/c1-2-4-12(18)13(20)19-11-6-3-5-10(9-11)7-8-14(15,16)17;/h3,5-6,9,12H,2,4,7-8,18H2,1H3,(H,19,20);1H. The molecular formula is C14H20ClF3N2O. The summed E-state index contributed by atoms with van der Waals surface area (Å²) in [7, 11) is 0. The number of halogens is 4. The lowest BCUT2D eigenvalue weighted by molar-refractivity contribution is -0.134. The molecule has 0 spiro atoms. The van der Waals surface area contributed by atoms with Crippen molar-refractivity contribution in [3.8, 4) is 0 Å². The molecule has 0 heterocycles. The summed E-state index contributed by atoms with van der Waals surface area (Å²) in [6.07, 6.45) is -3.80. The van der Waals surface area contributed by atoms with E-state index in [4.69, 9.17) is 5.73 Å². The van der Waals surface area contributed by atoms with E-state index in [9.17, 15) is 18.0 Å². The molecule has 21 heavy (non-hydrogen) atoms. The monoisotopic (exact) mass is 324 g/mol. The lowest BCUT2D eigenvalue weighted by Gasteiger charge is -2.12. The number of amides is 1. The van der Waals surface area contributed by atoms with Gasteiger partial charge in [0.1, 0.15) is 0 Å². The van der Waals surface area contributed by atoms with Crippen molar-refractivity contribution in [2.24, 2.45) is 5.73 Å². The highest BCUT2D eigenvalue weighted by Crippen LogP contribution is 2.23. The zero-order valence-corrected chi connectivity index (χ0v) is 12.6. The van der Waals surface area contributed by atoms with Gasteiger partial charge in [-0.2, -0.15) is 13.2 Å². The number of aryl methyl sites for hydroxylation is 1. The number of carbonyl (C=O) groups excluding carboxylic acids is 1. The van der Waals surface area contributed by atoms with E-state index in [1.54, 1.807) is 24.3 Å². The molecule has 0 radical (unpaired) electrons. The molecule has 120 valence electrons. The van der Waals surface area contributed by atoms with Gasteiger partial charge in [-0.25, -0.2) is 0 Å². The Bertz CT molecular complexity index is 452. The fourth-order valence-corrected chi connectivity index (χ4v) is 1.77. The second-order valence-electron chi connectivity index (χ2n) is 4.70. The Labute approximate surface area is 128 Å². The summed E-state index contributed by atoms with van der Waals surface area (Å²) >= 11 is 0. The Hall–Kier alpha value is -1.27. The number of nitrogens with one attached hydrogen (secondary N) is 1. The smallest absolute Gasteiger partial charge is 0.325 e. The molecule has 7 heteroatoms. The molecule has 3 nitrogen and oxygen atoms in total. The Morgan fingerprint density at radius 1 is 1.38 bits per heavy atom. The highest BCUT2D eigenvalue weighted by Gasteiger charge is 2.26. The molecular weight excluding hydrogens is 305 g/mol. The highest BCUT2D eigenvalue weighted by molar-refractivity contribution is 5.94. The van der Waals surface area contributed by atoms with Crippen molar-refractivity contribution in [2.75, 3.05) is 5.32 Å². The molecule has 0 aliphatic carbocycles. The van der Waals surface area contributed by atoms with Crippen molar-refractivity contribution in [1.29, 1.82) is 0 Å². The first kappa shape index (κ1) is 19.7. The SMILES string of the molecule is CCCC(N)C(=O)Nc1cccc(CCC(F)(F)F)c1.Cl. The molecule has 0 saturated heterocycles. The van der Waals surface area contributed by atoms with Crippen LogP contribution in [0.25, 0.3) is 0 Å². The fraction of sp³-hybridized carbons (Fsp3) is 0.500. The normalized spacial score (nSPS) is 12.4. The first-order valence-corrected chi connectivity index (χ1v) is 6.54. The summed E-state index contributed by atoms with van der Waals surface area (Å²) in [5.74, 6) is -0.320. The summed E-state index contributed by atoms with van der Waals surface area (Å²) in [4.78, 5) is 11.7. The van der Waals surface area contributed by atoms with Crippen LogP contribution in [0.5, 0.6) is 0 Å². The number of alkyl halides is 3. The Kier molecular flexibility index (Phi) is 8.36. The van der Waals surface area contributed by atoms with Crippen molar-refractivity contribution in [3.05, 3.63) is 29.8 Å². The highest BCUT2D eigenvalue weighted by atomic mass is 35.5. The minimum atomic E-state index is -4.18. The summed E-state index contributed by atoms with van der Waals surface area (Å²) < 4.78 is 36.5. The lowest BCUT2D eigenvalue weighted by Crippen LogP contribution is -2.35. The second kappa shape index (κ2) is 8.89. The van der Waals surface area contributed by atoms with E-state index >= 15 is 0 Å². The molecule has 1 atom stereocenters. The van der Waals surface area contributed by atoms with Crippen LogP contribution in [0.2, 0.25) is 0 Å². The maximum Gasteiger partial charge on any atom is 0.389 e. The van der Waals surface area contributed by atoms with Gasteiger partial charge >= 0.3 is 6.18 Å².